The fraction of sp³-hybridized carbons (Fsp3) is 0.167. The molecule has 21 heavy (non-hydrogen) atoms. The van der Waals surface area contributed by atoms with Crippen LogP contribution in [0.1, 0.15) is 18.1 Å². The van der Waals surface area contributed by atoms with Gasteiger partial charge in [0.15, 0.2) is 11.0 Å². The average Bonchev–Trinajstić information content (AvgIpc) is 2.87. The minimum atomic E-state index is 0. The normalized spacial score (nSPS) is 10.4. The molecule has 0 aliphatic carbocycles. The fourth-order valence-electron chi connectivity index (χ4n) is 2.84. The van der Waals surface area contributed by atoms with Crippen LogP contribution in [-0.2, 0) is 6.54 Å². The molecule has 0 aliphatic rings. The third kappa shape index (κ3) is 2.54. The summed E-state index contributed by atoms with van der Waals surface area (Å²) in [5.41, 5.74) is 6.10. The van der Waals surface area contributed by atoms with E-state index in [0.717, 1.165) is 17.9 Å². The summed E-state index contributed by atoms with van der Waals surface area (Å²) in [5, 5.41) is 0. The van der Waals surface area contributed by atoms with Crippen molar-refractivity contribution in [2.45, 2.75) is 20.4 Å². The number of benzene rings is 2. The number of rotatable bonds is 3. The molecule has 0 amide bonds. The molecule has 0 saturated heterocycles. The molecule has 2 nitrogen and oxygen atoms in total. The quantitative estimate of drug-likeness (QED) is 0.688. The maximum absolute atomic E-state index is 3.92. The van der Waals surface area contributed by atoms with E-state index >= 15 is 0 Å². The van der Waals surface area contributed by atoms with Crippen molar-refractivity contribution < 1.29 is 21.5 Å². The van der Waals surface area contributed by atoms with Gasteiger partial charge in [0, 0.05) is 5.56 Å². The maximum atomic E-state index is 3.92. The van der Waals surface area contributed by atoms with Crippen molar-refractivity contribution in [3.8, 4) is 11.4 Å². The van der Waals surface area contributed by atoms with E-state index < -0.39 is 0 Å². The lowest BCUT2D eigenvalue weighted by Gasteiger charge is -2.03. The van der Waals surface area contributed by atoms with Gasteiger partial charge in [-0.2, -0.15) is 0 Å². The van der Waals surface area contributed by atoms with Crippen LogP contribution in [0.15, 0.2) is 49.0 Å². The van der Waals surface area contributed by atoms with Crippen LogP contribution < -0.4 is 21.5 Å². The summed E-state index contributed by atoms with van der Waals surface area (Å²) in [6.07, 6.45) is 1.91. The zero-order chi connectivity index (χ0) is 14.1. The minimum Gasteiger partial charge on any atom is -1.00 e. The van der Waals surface area contributed by atoms with Crippen LogP contribution in [0.3, 0.4) is 0 Å². The monoisotopic (exact) mass is 342 g/mol. The Balaban J connectivity index is 0.00000161. The van der Waals surface area contributed by atoms with Gasteiger partial charge in [-0.15, -0.1) is 0 Å². The lowest BCUT2D eigenvalue weighted by atomic mass is 10.1. The number of aromatic nitrogens is 2. The van der Waals surface area contributed by atoms with Crippen LogP contribution >= 0.6 is 0 Å². The SMILES string of the molecule is C=Cc1ccccc1-c1[nH]c2cccc(C)c2[n+]1CC.[Br-]. The number of imidazole rings is 1. The summed E-state index contributed by atoms with van der Waals surface area (Å²) in [5.74, 6) is 1.15. The van der Waals surface area contributed by atoms with E-state index in [9.17, 15) is 0 Å². The Morgan fingerprint density at radius 2 is 1.90 bits per heavy atom. The number of hydrogen-bond acceptors (Lipinski definition) is 0. The van der Waals surface area contributed by atoms with Gasteiger partial charge in [-0.3, -0.25) is 0 Å². The molecule has 1 heterocycles. The zero-order valence-corrected chi connectivity index (χ0v) is 13.9. The molecule has 0 unspecified atom stereocenters. The molecule has 3 rings (SSSR count). The number of para-hydroxylation sites is 1. The largest absolute Gasteiger partial charge is 1.00 e. The highest BCUT2D eigenvalue weighted by atomic mass is 79.9. The molecular weight excluding hydrogens is 324 g/mol. The van der Waals surface area contributed by atoms with Gasteiger partial charge in [-0.25, -0.2) is 9.55 Å². The Labute approximate surface area is 135 Å². The van der Waals surface area contributed by atoms with Crippen molar-refractivity contribution in [1.82, 2.24) is 4.98 Å². The Morgan fingerprint density at radius 3 is 2.62 bits per heavy atom. The zero-order valence-electron chi connectivity index (χ0n) is 12.4. The van der Waals surface area contributed by atoms with Gasteiger partial charge in [-0.05, 0) is 31.5 Å². The first-order chi connectivity index (χ1) is 9.76. The van der Waals surface area contributed by atoms with Crippen LogP contribution in [0, 0.1) is 6.92 Å². The van der Waals surface area contributed by atoms with Crippen molar-refractivity contribution in [3.05, 3.63) is 60.2 Å². The fourth-order valence-corrected chi connectivity index (χ4v) is 2.84. The number of nitrogens with zero attached hydrogens (tertiary/aromatic N) is 1. The van der Waals surface area contributed by atoms with E-state index in [-0.39, 0.29) is 17.0 Å². The Hall–Kier alpha value is -1.87. The average molecular weight is 343 g/mol. The summed E-state index contributed by atoms with van der Waals surface area (Å²) in [7, 11) is 0. The van der Waals surface area contributed by atoms with Gasteiger partial charge >= 0.3 is 0 Å². The molecule has 3 heteroatoms. The van der Waals surface area contributed by atoms with Gasteiger partial charge in [0.05, 0.1) is 12.1 Å². The third-order valence-electron chi connectivity index (χ3n) is 3.78. The van der Waals surface area contributed by atoms with Crippen molar-refractivity contribution in [2.75, 3.05) is 0 Å². The summed E-state index contributed by atoms with van der Waals surface area (Å²) < 4.78 is 2.34. The van der Waals surface area contributed by atoms with E-state index in [1.807, 2.05) is 12.1 Å². The lowest BCUT2D eigenvalue weighted by Crippen LogP contribution is -3.00. The number of nitrogens with one attached hydrogen (secondary N) is 1. The molecule has 0 spiro atoms. The number of aromatic amines is 1. The summed E-state index contributed by atoms with van der Waals surface area (Å²) in [6, 6.07) is 14.7. The molecule has 0 saturated carbocycles. The molecule has 0 bridgehead atoms. The smallest absolute Gasteiger partial charge is 0.288 e. The predicted octanol–water partition coefficient (Wildman–Crippen LogP) is 1.10. The van der Waals surface area contributed by atoms with E-state index in [1.165, 1.54) is 22.2 Å². The lowest BCUT2D eigenvalue weighted by molar-refractivity contribution is -0.656. The molecule has 0 fully saturated rings. The molecule has 108 valence electrons. The van der Waals surface area contributed by atoms with Gasteiger partial charge in [0.1, 0.15) is 0 Å². The van der Waals surface area contributed by atoms with Gasteiger partial charge < -0.3 is 17.0 Å². The van der Waals surface area contributed by atoms with Crippen LogP contribution in [-0.4, -0.2) is 4.98 Å². The molecule has 3 aromatic rings. The Morgan fingerprint density at radius 1 is 1.14 bits per heavy atom. The molecular formula is C18H19BrN2. The third-order valence-corrected chi connectivity index (χ3v) is 3.78. The van der Waals surface area contributed by atoms with Crippen LogP contribution in [0.4, 0.5) is 0 Å². The Kier molecular flexibility index (Phi) is 4.63. The van der Waals surface area contributed by atoms with Crippen LogP contribution in [0.5, 0.6) is 0 Å². The highest BCUT2D eigenvalue weighted by molar-refractivity contribution is 5.79. The van der Waals surface area contributed by atoms with Gasteiger partial charge in [0.25, 0.3) is 5.82 Å². The minimum absolute atomic E-state index is 0. The van der Waals surface area contributed by atoms with Crippen molar-refractivity contribution >= 4 is 17.1 Å². The predicted molar refractivity (Wildman–Crippen MR) is 84.4 cm³/mol. The summed E-state index contributed by atoms with van der Waals surface area (Å²) in [4.78, 5) is 3.56. The van der Waals surface area contributed by atoms with E-state index in [0.29, 0.717) is 0 Å². The van der Waals surface area contributed by atoms with E-state index in [4.69, 9.17) is 0 Å². The second-order valence-corrected chi connectivity index (χ2v) is 4.98. The summed E-state index contributed by atoms with van der Waals surface area (Å²) in [6.45, 7) is 9.20. The second-order valence-electron chi connectivity index (χ2n) is 4.98. The molecule has 0 atom stereocenters. The first-order valence-corrected chi connectivity index (χ1v) is 6.99. The number of halogens is 1. The standard InChI is InChI=1S/C18H18N2.BrH/c1-4-14-10-6-7-11-15(14)18-19-16-12-8-9-13(3)17(16)20(18)5-2;/h4,6-12H,1,5H2,2-3H3;1H. The molecule has 0 radical (unpaired) electrons. The van der Waals surface area contributed by atoms with Crippen molar-refractivity contribution in [3.63, 3.8) is 0 Å². The maximum Gasteiger partial charge on any atom is 0.288 e. The number of aryl methyl sites for hydroxylation is 2. The van der Waals surface area contributed by atoms with E-state index in [2.05, 4.69) is 66.4 Å². The molecule has 1 aromatic heterocycles. The summed E-state index contributed by atoms with van der Waals surface area (Å²) >= 11 is 0. The van der Waals surface area contributed by atoms with Crippen LogP contribution in [0.2, 0.25) is 0 Å². The topological polar surface area (TPSA) is 19.7 Å². The van der Waals surface area contributed by atoms with Gasteiger partial charge in [0.2, 0.25) is 0 Å². The van der Waals surface area contributed by atoms with E-state index in [1.54, 1.807) is 0 Å². The number of fused-ring (bicyclic) bond motifs is 1. The molecule has 2 aromatic carbocycles. The van der Waals surface area contributed by atoms with Crippen molar-refractivity contribution in [2.24, 2.45) is 0 Å². The van der Waals surface area contributed by atoms with Gasteiger partial charge in [-0.1, -0.05) is 43.0 Å². The Bertz CT molecular complexity index is 787. The number of H-pyrrole nitrogens is 1. The first kappa shape index (κ1) is 15.5. The highest BCUT2D eigenvalue weighted by Gasteiger charge is 2.21. The highest BCUT2D eigenvalue weighted by Crippen LogP contribution is 2.24. The first-order valence-electron chi connectivity index (χ1n) is 6.99. The van der Waals surface area contributed by atoms with Crippen LogP contribution in [0.25, 0.3) is 28.5 Å². The second kappa shape index (κ2) is 6.27. The van der Waals surface area contributed by atoms with Crippen molar-refractivity contribution in [1.29, 1.82) is 0 Å². The molecule has 1 N–H and O–H groups in total. The molecule has 0 aliphatic heterocycles. The number of hydrogen-bond donors (Lipinski definition) is 1.